The summed E-state index contributed by atoms with van der Waals surface area (Å²) in [5.74, 6) is 0.582. The molecule has 2 aromatic rings. The number of benzene rings is 1. The van der Waals surface area contributed by atoms with Crippen LogP contribution in [-0.2, 0) is 33.6 Å². The van der Waals surface area contributed by atoms with Crippen LogP contribution in [0.4, 0.5) is 15.3 Å². The van der Waals surface area contributed by atoms with Crippen molar-refractivity contribution in [2.24, 2.45) is 5.92 Å². The molecule has 1 aromatic carbocycles. The second kappa shape index (κ2) is 16.1. The number of anilines is 1. The molecule has 3 aliphatic heterocycles. The van der Waals surface area contributed by atoms with Crippen LogP contribution in [0.3, 0.4) is 0 Å². The van der Waals surface area contributed by atoms with Crippen LogP contribution in [0.2, 0.25) is 0 Å². The molecule has 0 radical (unpaired) electrons. The second-order valence-electron chi connectivity index (χ2n) is 17.0. The number of amides is 2. The molecule has 51 heavy (non-hydrogen) atoms. The van der Waals surface area contributed by atoms with Gasteiger partial charge in [-0.15, -0.1) is 0 Å². The van der Waals surface area contributed by atoms with Gasteiger partial charge in [0.2, 0.25) is 0 Å². The fraction of sp³-hybridized carbons (Fsp3) is 0.683. The van der Waals surface area contributed by atoms with Gasteiger partial charge in [-0.05, 0) is 134 Å². The topological polar surface area (TPSA) is 87.7 Å². The maximum absolute atomic E-state index is 14.0. The van der Waals surface area contributed by atoms with E-state index >= 15 is 0 Å². The Kier molecular flexibility index (Phi) is 11.8. The molecule has 10 nitrogen and oxygen atoms in total. The van der Waals surface area contributed by atoms with Gasteiger partial charge in [0.1, 0.15) is 11.2 Å². The van der Waals surface area contributed by atoms with Crippen molar-refractivity contribution in [3.05, 3.63) is 58.9 Å². The average Bonchev–Trinajstić information content (AvgIpc) is 3.09. The van der Waals surface area contributed by atoms with Crippen molar-refractivity contribution >= 4 is 17.9 Å². The first kappa shape index (κ1) is 37.4. The second-order valence-corrected chi connectivity index (χ2v) is 17.0. The molecule has 0 saturated carbocycles. The van der Waals surface area contributed by atoms with Crippen molar-refractivity contribution in [1.29, 1.82) is 0 Å². The van der Waals surface area contributed by atoms with E-state index < -0.39 is 11.2 Å². The predicted octanol–water partition coefficient (Wildman–Crippen LogP) is 7.39. The maximum atomic E-state index is 14.0. The van der Waals surface area contributed by atoms with Crippen LogP contribution in [0.25, 0.3) is 0 Å². The molecule has 2 saturated heterocycles. The van der Waals surface area contributed by atoms with Crippen LogP contribution < -0.4 is 4.90 Å². The summed E-state index contributed by atoms with van der Waals surface area (Å²) in [7, 11) is 0. The zero-order chi connectivity index (χ0) is 36.2. The Hall–Kier alpha value is -3.37. The number of carbonyl (C=O) groups excluding carboxylic acids is 2. The number of morpholine rings is 1. The maximum Gasteiger partial charge on any atom is 0.410 e. The molecule has 280 valence electrons. The van der Waals surface area contributed by atoms with Crippen LogP contribution in [0.1, 0.15) is 108 Å². The number of hydrogen-bond acceptors (Lipinski definition) is 8. The number of pyridine rings is 1. The number of rotatable bonds is 8. The predicted molar refractivity (Wildman–Crippen MR) is 200 cm³/mol. The van der Waals surface area contributed by atoms with Gasteiger partial charge < -0.3 is 24.0 Å². The van der Waals surface area contributed by atoms with Crippen molar-refractivity contribution in [1.82, 2.24) is 19.7 Å². The molecule has 0 N–H and O–H groups in total. The van der Waals surface area contributed by atoms with Crippen LogP contribution in [0, 0.1) is 5.92 Å². The highest BCUT2D eigenvalue weighted by atomic mass is 16.6. The van der Waals surface area contributed by atoms with E-state index in [0.717, 1.165) is 104 Å². The lowest BCUT2D eigenvalue weighted by atomic mass is 9.88. The van der Waals surface area contributed by atoms with E-state index in [-0.39, 0.29) is 24.3 Å². The average molecular weight is 704 g/mol. The minimum atomic E-state index is -0.581. The fourth-order valence-electron chi connectivity index (χ4n) is 8.36. The Balaban J connectivity index is 1.22. The third-order valence-electron chi connectivity index (χ3n) is 10.8. The van der Waals surface area contributed by atoms with Crippen LogP contribution in [-0.4, -0.2) is 102 Å². The molecule has 2 fully saturated rings. The fourth-order valence-corrected chi connectivity index (χ4v) is 8.36. The molecule has 0 bridgehead atoms. The van der Waals surface area contributed by atoms with E-state index in [0.29, 0.717) is 12.5 Å². The quantitative estimate of drug-likeness (QED) is 0.282. The lowest BCUT2D eigenvalue weighted by Gasteiger charge is -2.44. The molecule has 2 atom stereocenters. The highest BCUT2D eigenvalue weighted by molar-refractivity contribution is 5.70. The highest BCUT2D eigenvalue weighted by Crippen LogP contribution is 2.37. The van der Waals surface area contributed by atoms with E-state index in [2.05, 4.69) is 40.1 Å². The molecule has 2 amide bonds. The number of ether oxygens (including phenoxy) is 3. The summed E-state index contributed by atoms with van der Waals surface area (Å²) in [6.07, 6.45) is 9.72. The number of aryl methyl sites for hydroxylation is 1. The van der Waals surface area contributed by atoms with Gasteiger partial charge in [-0.2, -0.15) is 0 Å². The monoisotopic (exact) mass is 703 g/mol. The first-order chi connectivity index (χ1) is 24.3. The molecular formula is C41H61N5O5. The summed E-state index contributed by atoms with van der Waals surface area (Å²) >= 11 is 0. The van der Waals surface area contributed by atoms with Gasteiger partial charge in [-0.1, -0.05) is 18.2 Å². The SMILES string of the molecule is CC(C)(C)OC(=O)N1CCC(CCCN(C[C@H]2Cc3c(cccc3N3CCOCC3)CN2C(=O)OC(C)(C)C)[C@H]2CCCc3cccnc32)CC1. The zero-order valence-corrected chi connectivity index (χ0v) is 32.0. The van der Waals surface area contributed by atoms with Crippen LogP contribution in [0.15, 0.2) is 36.5 Å². The van der Waals surface area contributed by atoms with Gasteiger partial charge in [0.05, 0.1) is 31.0 Å². The van der Waals surface area contributed by atoms with E-state index in [9.17, 15) is 9.59 Å². The molecule has 0 unspecified atom stereocenters. The summed E-state index contributed by atoms with van der Waals surface area (Å²) in [4.78, 5) is 40.6. The third kappa shape index (κ3) is 9.74. The normalized spacial score (nSPS) is 21.7. The highest BCUT2D eigenvalue weighted by Gasteiger charge is 2.38. The number of likely N-dealkylation sites (tertiary alicyclic amines) is 1. The molecular weight excluding hydrogens is 642 g/mol. The molecule has 4 heterocycles. The Morgan fingerprint density at radius 3 is 2.33 bits per heavy atom. The van der Waals surface area contributed by atoms with E-state index in [4.69, 9.17) is 19.2 Å². The van der Waals surface area contributed by atoms with E-state index in [1.165, 1.54) is 28.1 Å². The first-order valence-corrected chi connectivity index (χ1v) is 19.4. The third-order valence-corrected chi connectivity index (χ3v) is 10.8. The smallest absolute Gasteiger partial charge is 0.410 e. The number of fused-ring (bicyclic) bond motifs is 2. The molecule has 10 heteroatoms. The van der Waals surface area contributed by atoms with Crippen LogP contribution in [0.5, 0.6) is 0 Å². The summed E-state index contributed by atoms with van der Waals surface area (Å²) < 4.78 is 17.4. The number of nitrogens with zero attached hydrogens (tertiary/aromatic N) is 5. The van der Waals surface area contributed by atoms with Gasteiger partial charge in [0.15, 0.2) is 0 Å². The van der Waals surface area contributed by atoms with Crippen molar-refractivity contribution in [2.45, 2.75) is 123 Å². The molecule has 1 aromatic heterocycles. The van der Waals surface area contributed by atoms with Crippen molar-refractivity contribution in [3.8, 4) is 0 Å². The summed E-state index contributed by atoms with van der Waals surface area (Å²) in [6.45, 7) is 18.6. The van der Waals surface area contributed by atoms with Gasteiger partial charge in [0, 0.05) is 51.2 Å². The van der Waals surface area contributed by atoms with Gasteiger partial charge in [0.25, 0.3) is 0 Å². The summed E-state index contributed by atoms with van der Waals surface area (Å²) in [5.41, 5.74) is 5.32. The Morgan fingerprint density at radius 1 is 0.902 bits per heavy atom. The Labute approximate surface area is 305 Å². The number of carbonyl (C=O) groups is 2. The van der Waals surface area contributed by atoms with Crippen LogP contribution >= 0.6 is 0 Å². The Morgan fingerprint density at radius 2 is 1.61 bits per heavy atom. The van der Waals surface area contributed by atoms with E-state index in [1.54, 1.807) is 0 Å². The van der Waals surface area contributed by atoms with Crippen molar-refractivity contribution in [2.75, 3.05) is 57.4 Å². The summed E-state index contributed by atoms with van der Waals surface area (Å²) in [6, 6.07) is 11.0. The van der Waals surface area contributed by atoms with Gasteiger partial charge in [-0.3, -0.25) is 14.8 Å². The number of aromatic nitrogens is 1. The van der Waals surface area contributed by atoms with Gasteiger partial charge >= 0.3 is 12.2 Å². The number of hydrogen-bond donors (Lipinski definition) is 0. The molecule has 0 spiro atoms. The lowest BCUT2D eigenvalue weighted by Crippen LogP contribution is -2.52. The lowest BCUT2D eigenvalue weighted by molar-refractivity contribution is 0.00444. The zero-order valence-electron chi connectivity index (χ0n) is 32.0. The standard InChI is InChI=1S/C41H61N5O5/c1-40(2,3)50-38(47)44-21-17-30(18-22-44)11-10-20-45(36-16-7-12-31-14-9-19-42-37(31)36)29-33-27-34-32(28-46(33)39(48)51-41(4,5)6)13-8-15-35(34)43-23-25-49-26-24-43/h8-9,13-15,19,30,33,36H,7,10-12,16-18,20-29H2,1-6H3/t33-,36+/m1/s1. The first-order valence-electron chi connectivity index (χ1n) is 19.4. The number of piperidine rings is 1. The van der Waals surface area contributed by atoms with E-state index in [1.807, 2.05) is 57.5 Å². The van der Waals surface area contributed by atoms with Gasteiger partial charge in [-0.25, -0.2) is 9.59 Å². The van der Waals surface area contributed by atoms with Crippen molar-refractivity contribution in [3.63, 3.8) is 0 Å². The summed E-state index contributed by atoms with van der Waals surface area (Å²) in [5, 5.41) is 0. The Bertz CT molecular complexity index is 1490. The molecule has 4 aliphatic rings. The van der Waals surface area contributed by atoms with Crippen molar-refractivity contribution < 1.29 is 23.8 Å². The largest absolute Gasteiger partial charge is 0.444 e. The molecule has 6 rings (SSSR count). The molecule has 1 aliphatic carbocycles. The minimum Gasteiger partial charge on any atom is -0.444 e. The minimum absolute atomic E-state index is 0.0410.